The van der Waals surface area contributed by atoms with Crippen LogP contribution in [0.15, 0.2) is 39.7 Å². The molecule has 0 bridgehead atoms. The summed E-state index contributed by atoms with van der Waals surface area (Å²) in [7, 11) is 0. The monoisotopic (exact) mass is 417 g/mol. The normalized spacial score (nSPS) is 12.5. The highest BCUT2D eigenvalue weighted by Gasteiger charge is 2.22. The summed E-state index contributed by atoms with van der Waals surface area (Å²) in [5.41, 5.74) is 1.23. The van der Waals surface area contributed by atoms with Gasteiger partial charge in [-0.1, -0.05) is 41.9 Å². The number of rotatable bonds is 4. The molecule has 0 saturated carbocycles. The lowest BCUT2D eigenvalue weighted by Crippen LogP contribution is -2.29. The molecule has 1 aromatic carbocycles. The van der Waals surface area contributed by atoms with Gasteiger partial charge in [-0.25, -0.2) is 4.68 Å². The van der Waals surface area contributed by atoms with Crippen molar-refractivity contribution >= 4 is 32.9 Å². The molecule has 3 rings (SSSR count). The van der Waals surface area contributed by atoms with E-state index in [4.69, 9.17) is 0 Å². The number of hydrogen-bond donors (Lipinski definition) is 2. The summed E-state index contributed by atoms with van der Waals surface area (Å²) in [6.07, 6.45) is 1.57. The van der Waals surface area contributed by atoms with Gasteiger partial charge in [0, 0.05) is 16.4 Å². The minimum absolute atomic E-state index is 0.126. The molecule has 0 unspecified atom stereocenters. The molecule has 0 fully saturated rings. The lowest BCUT2D eigenvalue weighted by atomic mass is 9.85. The maximum absolute atomic E-state index is 12.4. The van der Waals surface area contributed by atoms with Crippen molar-refractivity contribution < 1.29 is 0 Å². The number of anilines is 1. The summed E-state index contributed by atoms with van der Waals surface area (Å²) in [5.74, 6) is 0.457. The summed E-state index contributed by atoms with van der Waals surface area (Å²) >= 11 is 3.46. The van der Waals surface area contributed by atoms with Crippen LogP contribution in [0.1, 0.15) is 40.2 Å². The van der Waals surface area contributed by atoms with Crippen molar-refractivity contribution in [2.45, 2.75) is 45.6 Å². The van der Waals surface area contributed by atoms with Crippen LogP contribution in [-0.2, 0) is 11.0 Å². The van der Waals surface area contributed by atoms with E-state index in [1.807, 2.05) is 32.9 Å². The van der Waals surface area contributed by atoms with Gasteiger partial charge in [0.1, 0.15) is 5.39 Å². The van der Waals surface area contributed by atoms with Crippen LogP contribution in [0.5, 0.6) is 0 Å². The number of aromatic amines is 1. The number of benzene rings is 1. The molecule has 7 heteroatoms. The van der Waals surface area contributed by atoms with E-state index in [0.717, 1.165) is 4.47 Å². The SMILES string of the molecule is CC(C)(CNc1nc2c(cnn2C(C)(C)C)c(=O)[nH]1)c1ccc(Br)cc1. The van der Waals surface area contributed by atoms with Gasteiger partial charge in [0.25, 0.3) is 5.56 Å². The van der Waals surface area contributed by atoms with Crippen LogP contribution in [0.4, 0.5) is 5.95 Å². The number of nitrogens with one attached hydrogen (secondary N) is 2. The maximum Gasteiger partial charge on any atom is 0.263 e. The van der Waals surface area contributed by atoms with Gasteiger partial charge in [0.2, 0.25) is 5.95 Å². The van der Waals surface area contributed by atoms with Crippen molar-refractivity contribution in [1.29, 1.82) is 0 Å². The quantitative estimate of drug-likeness (QED) is 0.671. The van der Waals surface area contributed by atoms with Crippen LogP contribution in [0.3, 0.4) is 0 Å². The van der Waals surface area contributed by atoms with E-state index in [2.05, 4.69) is 62.3 Å². The molecule has 0 radical (unpaired) electrons. The summed E-state index contributed by atoms with van der Waals surface area (Å²) in [6.45, 7) is 11.0. The van der Waals surface area contributed by atoms with Crippen molar-refractivity contribution in [3.8, 4) is 0 Å². The zero-order valence-corrected chi connectivity index (χ0v) is 17.3. The zero-order valence-electron chi connectivity index (χ0n) is 15.7. The molecule has 0 aliphatic carbocycles. The molecule has 0 spiro atoms. The Morgan fingerprint density at radius 1 is 1.15 bits per heavy atom. The fourth-order valence-electron chi connectivity index (χ4n) is 2.80. The number of fused-ring (bicyclic) bond motifs is 1. The van der Waals surface area contributed by atoms with E-state index < -0.39 is 0 Å². The third-order valence-electron chi connectivity index (χ3n) is 4.40. The third-order valence-corrected chi connectivity index (χ3v) is 4.93. The van der Waals surface area contributed by atoms with Crippen molar-refractivity contribution in [3.63, 3.8) is 0 Å². The molecular formula is C19H24BrN5O. The van der Waals surface area contributed by atoms with Crippen LogP contribution < -0.4 is 10.9 Å². The minimum atomic E-state index is -0.253. The van der Waals surface area contributed by atoms with E-state index in [-0.39, 0.29) is 16.5 Å². The zero-order chi connectivity index (χ0) is 19.1. The predicted molar refractivity (Wildman–Crippen MR) is 109 cm³/mol. The highest BCUT2D eigenvalue weighted by Crippen LogP contribution is 2.25. The van der Waals surface area contributed by atoms with Gasteiger partial charge in [-0.2, -0.15) is 10.1 Å². The second-order valence-corrected chi connectivity index (χ2v) is 9.04. The first-order valence-corrected chi connectivity index (χ1v) is 9.36. The summed E-state index contributed by atoms with van der Waals surface area (Å²) in [5, 5.41) is 8.11. The van der Waals surface area contributed by atoms with E-state index in [9.17, 15) is 4.79 Å². The van der Waals surface area contributed by atoms with Crippen LogP contribution in [0.2, 0.25) is 0 Å². The van der Waals surface area contributed by atoms with Gasteiger partial charge < -0.3 is 5.32 Å². The fourth-order valence-corrected chi connectivity index (χ4v) is 3.07. The van der Waals surface area contributed by atoms with Gasteiger partial charge in [-0.3, -0.25) is 9.78 Å². The van der Waals surface area contributed by atoms with Gasteiger partial charge in [0.05, 0.1) is 11.7 Å². The number of nitrogens with zero attached hydrogens (tertiary/aromatic N) is 3. The Bertz CT molecular complexity index is 980. The first kappa shape index (κ1) is 18.6. The second kappa shape index (κ2) is 6.54. The molecule has 2 aromatic heterocycles. The molecule has 0 amide bonds. The van der Waals surface area contributed by atoms with Crippen molar-refractivity contribution in [2.24, 2.45) is 0 Å². The number of hydrogen-bond acceptors (Lipinski definition) is 4. The van der Waals surface area contributed by atoms with Crippen LogP contribution in [0.25, 0.3) is 11.0 Å². The molecule has 0 aliphatic rings. The fraction of sp³-hybridized carbons (Fsp3) is 0.421. The van der Waals surface area contributed by atoms with E-state index in [1.54, 1.807) is 10.9 Å². The Kier molecular flexibility index (Phi) is 4.69. The van der Waals surface area contributed by atoms with Gasteiger partial charge >= 0.3 is 0 Å². The van der Waals surface area contributed by atoms with Crippen LogP contribution in [-0.4, -0.2) is 26.3 Å². The van der Waals surface area contributed by atoms with Gasteiger partial charge in [-0.15, -0.1) is 0 Å². The molecule has 6 nitrogen and oxygen atoms in total. The Hall–Kier alpha value is -2.15. The van der Waals surface area contributed by atoms with E-state index in [0.29, 0.717) is 23.5 Å². The Morgan fingerprint density at radius 2 is 1.81 bits per heavy atom. The van der Waals surface area contributed by atoms with Gasteiger partial charge in [-0.05, 0) is 38.5 Å². The molecule has 0 aliphatic heterocycles. The standard InChI is InChI=1S/C19H24BrN5O/c1-18(2,3)25-15-14(10-22-25)16(26)24-17(23-15)21-11-19(4,5)12-6-8-13(20)9-7-12/h6-10H,11H2,1-5H3,(H2,21,23,24,26). The second-order valence-electron chi connectivity index (χ2n) is 8.12. The lowest BCUT2D eigenvalue weighted by molar-refractivity contribution is 0.366. The molecule has 0 saturated heterocycles. The van der Waals surface area contributed by atoms with Crippen molar-refractivity contribution in [3.05, 3.63) is 50.9 Å². The molecule has 3 aromatic rings. The van der Waals surface area contributed by atoms with Crippen LogP contribution >= 0.6 is 15.9 Å². The highest BCUT2D eigenvalue weighted by molar-refractivity contribution is 9.10. The number of aromatic nitrogens is 4. The van der Waals surface area contributed by atoms with E-state index in [1.165, 1.54) is 5.56 Å². The molecule has 138 valence electrons. The molecule has 0 atom stereocenters. The summed E-state index contributed by atoms with van der Waals surface area (Å²) < 4.78 is 2.83. The Morgan fingerprint density at radius 3 is 2.42 bits per heavy atom. The molecule has 26 heavy (non-hydrogen) atoms. The summed E-state index contributed by atoms with van der Waals surface area (Å²) in [6, 6.07) is 8.26. The third kappa shape index (κ3) is 3.67. The lowest BCUT2D eigenvalue weighted by Gasteiger charge is -2.26. The van der Waals surface area contributed by atoms with Crippen molar-refractivity contribution in [1.82, 2.24) is 19.7 Å². The van der Waals surface area contributed by atoms with Crippen LogP contribution in [0, 0.1) is 0 Å². The highest BCUT2D eigenvalue weighted by atomic mass is 79.9. The maximum atomic E-state index is 12.4. The van der Waals surface area contributed by atoms with Crippen molar-refractivity contribution in [2.75, 3.05) is 11.9 Å². The molecule has 2 heterocycles. The number of H-pyrrole nitrogens is 1. The molecular weight excluding hydrogens is 394 g/mol. The topological polar surface area (TPSA) is 75.6 Å². The minimum Gasteiger partial charge on any atom is -0.355 e. The first-order chi connectivity index (χ1) is 12.1. The van der Waals surface area contributed by atoms with E-state index >= 15 is 0 Å². The smallest absolute Gasteiger partial charge is 0.263 e. The average molecular weight is 418 g/mol. The largest absolute Gasteiger partial charge is 0.355 e. The van der Waals surface area contributed by atoms with Gasteiger partial charge in [0.15, 0.2) is 5.65 Å². The summed E-state index contributed by atoms with van der Waals surface area (Å²) in [4.78, 5) is 19.8. The number of halogens is 1. The Balaban J connectivity index is 1.89. The predicted octanol–water partition coefficient (Wildman–Crippen LogP) is 4.03. The average Bonchev–Trinajstić information content (AvgIpc) is 2.98. The molecule has 2 N–H and O–H groups in total. The Labute approximate surface area is 161 Å². The first-order valence-electron chi connectivity index (χ1n) is 8.56.